The normalized spacial score (nSPS) is 45.3. The Labute approximate surface area is 93.4 Å². The molecule has 1 aliphatic heterocycles. The van der Waals surface area contributed by atoms with Crippen LogP contribution < -0.4 is 0 Å². The second kappa shape index (κ2) is 4.27. The second-order valence-corrected chi connectivity index (χ2v) is 4.19. The van der Waals surface area contributed by atoms with E-state index in [0.717, 1.165) is 0 Å². The number of carboxylic acids is 1. The molecule has 94 valence electrons. The Morgan fingerprint density at radius 3 is 2.38 bits per heavy atom. The van der Waals surface area contributed by atoms with Crippen molar-refractivity contribution in [2.24, 2.45) is 5.92 Å². The lowest BCUT2D eigenvalue weighted by molar-refractivity contribution is -0.356. The molecule has 1 rings (SSSR count). The van der Waals surface area contributed by atoms with Crippen molar-refractivity contribution >= 4 is 5.97 Å². The van der Waals surface area contributed by atoms with Gasteiger partial charge in [0, 0.05) is 5.92 Å². The molecule has 1 aliphatic rings. The zero-order valence-corrected chi connectivity index (χ0v) is 8.90. The maximum Gasteiger partial charge on any atom is 0.335 e. The van der Waals surface area contributed by atoms with E-state index < -0.39 is 42.1 Å². The van der Waals surface area contributed by atoms with Gasteiger partial charge in [-0.1, -0.05) is 13.8 Å². The highest BCUT2D eigenvalue weighted by atomic mass is 16.7. The Balaban J connectivity index is 3.02. The van der Waals surface area contributed by atoms with Crippen molar-refractivity contribution in [3.63, 3.8) is 0 Å². The lowest BCUT2D eigenvalue weighted by Crippen LogP contribution is -2.67. The van der Waals surface area contributed by atoms with Crippen LogP contribution in [0.4, 0.5) is 0 Å². The molecule has 0 unspecified atom stereocenters. The predicted molar refractivity (Wildman–Crippen MR) is 50.3 cm³/mol. The fraction of sp³-hybridized carbons (Fsp3) is 0.889. The molecule has 0 spiro atoms. The predicted octanol–water partition coefficient (Wildman–Crippen LogP) is -2.10. The molecule has 0 saturated carbocycles. The van der Waals surface area contributed by atoms with Gasteiger partial charge in [-0.2, -0.15) is 0 Å². The highest BCUT2D eigenvalue weighted by Gasteiger charge is 2.56. The summed E-state index contributed by atoms with van der Waals surface area (Å²) in [7, 11) is 0. The number of aliphatic carboxylic acids is 1. The minimum atomic E-state index is -2.20. The van der Waals surface area contributed by atoms with Crippen LogP contribution in [0.3, 0.4) is 0 Å². The third-order valence-electron chi connectivity index (χ3n) is 2.78. The lowest BCUT2D eigenvalue weighted by Gasteiger charge is -2.46. The van der Waals surface area contributed by atoms with Gasteiger partial charge in [0.05, 0.1) is 0 Å². The average Bonchev–Trinajstić information content (AvgIpc) is 2.30. The molecule has 7 nitrogen and oxygen atoms in total. The number of rotatable bonds is 2. The molecule has 0 aliphatic carbocycles. The van der Waals surface area contributed by atoms with E-state index in [1.165, 1.54) is 13.8 Å². The van der Waals surface area contributed by atoms with Crippen molar-refractivity contribution in [2.75, 3.05) is 0 Å². The van der Waals surface area contributed by atoms with Crippen LogP contribution >= 0.6 is 0 Å². The largest absolute Gasteiger partial charge is 0.479 e. The van der Waals surface area contributed by atoms with Gasteiger partial charge in [-0.25, -0.2) is 4.79 Å². The molecule has 7 heteroatoms. The van der Waals surface area contributed by atoms with Gasteiger partial charge in [0.2, 0.25) is 0 Å². The van der Waals surface area contributed by atoms with Crippen molar-refractivity contribution in [2.45, 2.75) is 44.1 Å². The minimum absolute atomic E-state index is 0.652. The van der Waals surface area contributed by atoms with Gasteiger partial charge in [0.15, 0.2) is 11.9 Å². The van der Waals surface area contributed by atoms with Gasteiger partial charge in [0.25, 0.3) is 1.43 Å². The van der Waals surface area contributed by atoms with Crippen LogP contribution in [-0.2, 0) is 9.53 Å². The Hall–Kier alpha value is -0.730. The molecular formula is C9H16O7. The highest BCUT2D eigenvalue weighted by molar-refractivity contribution is 5.73. The van der Waals surface area contributed by atoms with E-state index in [1.54, 1.807) is 0 Å². The van der Waals surface area contributed by atoms with Gasteiger partial charge in [-0.15, -0.1) is 0 Å². The molecule has 5 N–H and O–H groups in total. The van der Waals surface area contributed by atoms with Gasteiger partial charge < -0.3 is 30.3 Å². The van der Waals surface area contributed by atoms with Gasteiger partial charge in [-0.3, -0.25) is 0 Å². The number of hydrogen-bond acceptors (Lipinski definition) is 7. The van der Waals surface area contributed by atoms with Crippen molar-refractivity contribution in [1.29, 1.82) is 1.43 Å². The first kappa shape index (κ1) is 11.7. The van der Waals surface area contributed by atoms with Crippen LogP contribution in [-0.4, -0.2) is 61.7 Å². The number of aliphatic hydroxyl groups excluding tert-OH is 3. The highest BCUT2D eigenvalue weighted by Crippen LogP contribution is 2.33. The molecule has 1 heterocycles. The molecule has 0 aromatic carbocycles. The van der Waals surface area contributed by atoms with E-state index in [-0.39, 0.29) is 0 Å². The number of carboxylic acid groups (broad SMARTS) is 1. The zero-order valence-electron chi connectivity index (χ0n) is 9.90. The maximum atomic E-state index is 11.1. The Morgan fingerprint density at radius 2 is 1.94 bits per heavy atom. The summed E-state index contributed by atoms with van der Waals surface area (Å²) in [5.74, 6) is -4.11. The summed E-state index contributed by atoms with van der Waals surface area (Å²) in [6.45, 7) is 2.99. The Morgan fingerprint density at radius 1 is 1.38 bits per heavy atom. The molecule has 0 aromatic rings. The first-order chi connectivity index (χ1) is 7.75. The SMILES string of the molecule is [2H]OC(=O)[C@H]1O[C@](O)(C(C)C)[C@H](O)[C@@H](O)[C@@H]1O. The molecule has 0 bridgehead atoms. The van der Waals surface area contributed by atoms with Crippen molar-refractivity contribution < 1.29 is 35.1 Å². The van der Waals surface area contributed by atoms with Crippen LogP contribution in [0.25, 0.3) is 1.43 Å². The van der Waals surface area contributed by atoms with Crippen molar-refractivity contribution in [3.8, 4) is 0 Å². The van der Waals surface area contributed by atoms with Gasteiger partial charge in [0.1, 0.15) is 18.3 Å². The number of carbonyl (C=O) groups is 1. The van der Waals surface area contributed by atoms with E-state index in [0.29, 0.717) is 0 Å². The monoisotopic (exact) mass is 237 g/mol. The third kappa shape index (κ3) is 1.92. The average molecular weight is 237 g/mol. The third-order valence-corrected chi connectivity index (χ3v) is 2.78. The second-order valence-electron chi connectivity index (χ2n) is 4.19. The molecule has 0 amide bonds. The topological polar surface area (TPSA) is 127 Å². The first-order valence-corrected chi connectivity index (χ1v) is 4.87. The summed E-state index contributed by atoms with van der Waals surface area (Å²) in [4.78, 5) is 11.1. The Bertz CT molecular complexity index is 297. The van der Waals surface area contributed by atoms with Crippen LogP contribution in [0.5, 0.6) is 0 Å². The summed E-state index contributed by atoms with van der Waals surface area (Å²) < 4.78 is 11.3. The molecular weight excluding hydrogens is 220 g/mol. The molecule has 5 atom stereocenters. The van der Waals surface area contributed by atoms with Crippen molar-refractivity contribution in [1.82, 2.24) is 0 Å². The summed E-state index contributed by atoms with van der Waals surface area (Å²) in [5.41, 5.74) is 0. The maximum absolute atomic E-state index is 11.1. The van der Waals surface area contributed by atoms with Crippen LogP contribution in [0.15, 0.2) is 0 Å². The first-order valence-electron chi connectivity index (χ1n) is 5.28. The smallest absolute Gasteiger partial charge is 0.335 e. The number of hydrogen-bond donors (Lipinski definition) is 5. The number of ether oxygens (including phenoxy) is 1. The summed E-state index contributed by atoms with van der Waals surface area (Å²) >= 11 is 0. The van der Waals surface area contributed by atoms with E-state index in [9.17, 15) is 25.2 Å². The Kier molecular flexibility index (Phi) is 3.13. The van der Waals surface area contributed by atoms with Gasteiger partial charge in [-0.05, 0) is 0 Å². The van der Waals surface area contributed by atoms with Crippen LogP contribution in [0.2, 0.25) is 0 Å². The summed E-state index contributed by atoms with van der Waals surface area (Å²) in [5, 5.41) is 42.3. The molecule has 16 heavy (non-hydrogen) atoms. The van der Waals surface area contributed by atoms with Crippen LogP contribution in [0.1, 0.15) is 13.8 Å². The quantitative estimate of drug-likeness (QED) is 0.372. The zero-order chi connectivity index (χ0) is 13.4. The molecule has 1 saturated heterocycles. The van der Waals surface area contributed by atoms with E-state index in [4.69, 9.17) is 6.17 Å². The van der Waals surface area contributed by atoms with Gasteiger partial charge >= 0.3 is 5.97 Å². The molecule has 0 aromatic heterocycles. The summed E-state index contributed by atoms with van der Waals surface area (Å²) in [6, 6.07) is 0. The van der Waals surface area contributed by atoms with E-state index in [1.807, 2.05) is 0 Å². The summed E-state index contributed by atoms with van der Waals surface area (Å²) in [6.07, 6.45) is -7.05. The fourth-order valence-electron chi connectivity index (χ4n) is 1.62. The number of aliphatic hydroxyl groups is 4. The molecule has 0 radical (unpaired) electrons. The van der Waals surface area contributed by atoms with Crippen LogP contribution in [0, 0.1) is 5.92 Å². The lowest BCUT2D eigenvalue weighted by atomic mass is 9.86. The minimum Gasteiger partial charge on any atom is -0.479 e. The van der Waals surface area contributed by atoms with Crippen molar-refractivity contribution in [3.05, 3.63) is 0 Å². The van der Waals surface area contributed by atoms with E-state index in [2.05, 4.69) is 5.11 Å². The van der Waals surface area contributed by atoms with E-state index >= 15 is 0 Å². The standard InChI is InChI=1S/C9H16O7/c1-3(2)9(15)7(12)5(11)4(10)6(16-9)8(13)14/h3-7,10-12,15H,1-2H3,(H,13,14)/t4-,5-,6-,7+,9+/m0/s1/i/hD. The fourth-order valence-corrected chi connectivity index (χ4v) is 1.62. The molecule has 1 fully saturated rings.